The molecule has 0 amide bonds. The zero-order valence-corrected chi connectivity index (χ0v) is 11.8. The van der Waals surface area contributed by atoms with E-state index in [4.69, 9.17) is 0 Å². The molecule has 8 heteroatoms. The average Bonchev–Trinajstić information content (AvgIpc) is 2.89. The van der Waals surface area contributed by atoms with Crippen molar-refractivity contribution in [2.75, 3.05) is 11.9 Å². The molecule has 6 nitrogen and oxygen atoms in total. The zero-order chi connectivity index (χ0) is 13.7. The van der Waals surface area contributed by atoms with Gasteiger partial charge in [-0.05, 0) is 18.2 Å². The van der Waals surface area contributed by atoms with E-state index < -0.39 is 4.92 Å². The van der Waals surface area contributed by atoms with E-state index in [-0.39, 0.29) is 5.69 Å². The van der Waals surface area contributed by atoms with Crippen molar-refractivity contribution in [3.8, 4) is 0 Å². The van der Waals surface area contributed by atoms with Gasteiger partial charge in [0.05, 0.1) is 11.0 Å². The Balaban J connectivity index is 2.25. The second-order valence-electron chi connectivity index (χ2n) is 3.63. The quantitative estimate of drug-likeness (QED) is 0.650. The van der Waals surface area contributed by atoms with Crippen LogP contribution in [0.4, 0.5) is 11.5 Å². The van der Waals surface area contributed by atoms with Crippen LogP contribution < -0.4 is 5.32 Å². The van der Waals surface area contributed by atoms with Crippen LogP contribution in [-0.2, 0) is 0 Å². The summed E-state index contributed by atoms with van der Waals surface area (Å²) < 4.78 is 0.814. The summed E-state index contributed by atoms with van der Waals surface area (Å²) in [5, 5.41) is 16.4. The van der Waals surface area contributed by atoms with Gasteiger partial charge in [0, 0.05) is 24.2 Å². The molecule has 0 unspecified atom stereocenters. The number of nitrogens with one attached hydrogen (secondary N) is 1. The Bertz CT molecular complexity index is 560. The monoisotopic (exact) mass is 296 g/mol. The third kappa shape index (κ3) is 3.90. The molecule has 1 N–H and O–H groups in total. The van der Waals surface area contributed by atoms with Crippen LogP contribution in [0, 0.1) is 10.1 Å². The fraction of sp³-hybridized carbons (Fsp3) is 0.273. The minimum atomic E-state index is -0.412. The molecule has 100 valence electrons. The number of thiazole rings is 1. The number of pyridine rings is 1. The third-order valence-corrected chi connectivity index (χ3v) is 3.96. The number of hydrogen-bond donors (Lipinski definition) is 1. The van der Waals surface area contributed by atoms with E-state index in [1.807, 2.05) is 12.3 Å². The van der Waals surface area contributed by atoms with Gasteiger partial charge in [0.2, 0.25) is 0 Å². The molecule has 0 bridgehead atoms. The van der Waals surface area contributed by atoms with Crippen LogP contribution in [0.2, 0.25) is 0 Å². The highest BCUT2D eigenvalue weighted by Gasteiger charge is 2.12. The molecular formula is C11H12N4O2S2. The SMILES string of the molecule is CCCNc1cc([N+](=O)[O-])cc(Sc2nccs2)n1. The van der Waals surface area contributed by atoms with E-state index in [1.54, 1.807) is 6.20 Å². The zero-order valence-electron chi connectivity index (χ0n) is 10.2. The summed E-state index contributed by atoms with van der Waals surface area (Å²) in [6.45, 7) is 2.76. The Morgan fingerprint density at radius 2 is 2.37 bits per heavy atom. The molecule has 2 rings (SSSR count). The maximum absolute atomic E-state index is 10.9. The number of hydrogen-bond acceptors (Lipinski definition) is 7. The molecule has 0 aliphatic rings. The van der Waals surface area contributed by atoms with Gasteiger partial charge in [0.1, 0.15) is 10.8 Å². The molecule has 2 aromatic heterocycles. The lowest BCUT2D eigenvalue weighted by Crippen LogP contribution is -2.03. The molecule has 0 saturated carbocycles. The topological polar surface area (TPSA) is 81.0 Å². The molecule has 0 aliphatic heterocycles. The highest BCUT2D eigenvalue weighted by atomic mass is 32.2. The van der Waals surface area contributed by atoms with Crippen molar-refractivity contribution in [2.45, 2.75) is 22.7 Å². The molecule has 2 aromatic rings. The van der Waals surface area contributed by atoms with Gasteiger partial charge in [-0.15, -0.1) is 11.3 Å². The Morgan fingerprint density at radius 3 is 3.00 bits per heavy atom. The minimum Gasteiger partial charge on any atom is -0.370 e. The first kappa shape index (κ1) is 13.8. The smallest absolute Gasteiger partial charge is 0.275 e. The maximum Gasteiger partial charge on any atom is 0.275 e. The van der Waals surface area contributed by atoms with Crippen molar-refractivity contribution < 1.29 is 4.92 Å². The van der Waals surface area contributed by atoms with Gasteiger partial charge in [0.15, 0.2) is 4.34 Å². The number of nitro groups is 1. The van der Waals surface area contributed by atoms with Crippen LogP contribution >= 0.6 is 23.1 Å². The predicted molar refractivity (Wildman–Crippen MR) is 75.9 cm³/mol. The van der Waals surface area contributed by atoms with Crippen molar-refractivity contribution in [3.63, 3.8) is 0 Å². The lowest BCUT2D eigenvalue weighted by atomic mass is 10.4. The molecule has 0 radical (unpaired) electrons. The fourth-order valence-corrected chi connectivity index (χ4v) is 2.93. The van der Waals surface area contributed by atoms with Gasteiger partial charge in [-0.3, -0.25) is 10.1 Å². The predicted octanol–water partition coefficient (Wildman–Crippen LogP) is 3.42. The van der Waals surface area contributed by atoms with E-state index in [0.717, 1.165) is 17.3 Å². The van der Waals surface area contributed by atoms with Crippen LogP contribution in [0.5, 0.6) is 0 Å². The van der Waals surface area contributed by atoms with Crippen molar-refractivity contribution in [2.24, 2.45) is 0 Å². The molecule has 0 aliphatic carbocycles. The first-order valence-electron chi connectivity index (χ1n) is 5.66. The summed E-state index contributed by atoms with van der Waals surface area (Å²) >= 11 is 2.80. The van der Waals surface area contributed by atoms with E-state index in [2.05, 4.69) is 15.3 Å². The molecule has 2 heterocycles. The van der Waals surface area contributed by atoms with Gasteiger partial charge in [-0.25, -0.2) is 9.97 Å². The lowest BCUT2D eigenvalue weighted by molar-refractivity contribution is -0.385. The van der Waals surface area contributed by atoms with E-state index in [1.165, 1.54) is 35.2 Å². The summed E-state index contributed by atoms with van der Waals surface area (Å²) in [7, 11) is 0. The summed E-state index contributed by atoms with van der Waals surface area (Å²) in [4.78, 5) is 19.0. The molecule has 0 fully saturated rings. The van der Waals surface area contributed by atoms with Crippen LogP contribution in [-0.4, -0.2) is 21.4 Å². The van der Waals surface area contributed by atoms with Gasteiger partial charge in [0.25, 0.3) is 5.69 Å². The molecule has 0 spiro atoms. The number of aromatic nitrogens is 2. The Kier molecular flexibility index (Phi) is 4.69. The first-order valence-corrected chi connectivity index (χ1v) is 7.36. The van der Waals surface area contributed by atoms with E-state index in [0.29, 0.717) is 10.8 Å². The average molecular weight is 296 g/mol. The van der Waals surface area contributed by atoms with Crippen molar-refractivity contribution in [3.05, 3.63) is 33.8 Å². The van der Waals surface area contributed by atoms with Crippen LogP contribution in [0.15, 0.2) is 33.1 Å². The fourth-order valence-electron chi connectivity index (χ4n) is 1.34. The van der Waals surface area contributed by atoms with Gasteiger partial charge in [-0.1, -0.05) is 6.92 Å². The van der Waals surface area contributed by atoms with Gasteiger partial charge >= 0.3 is 0 Å². The highest BCUT2D eigenvalue weighted by molar-refractivity contribution is 8.01. The lowest BCUT2D eigenvalue weighted by Gasteiger charge is -2.05. The largest absolute Gasteiger partial charge is 0.370 e. The summed E-state index contributed by atoms with van der Waals surface area (Å²) in [6, 6.07) is 2.91. The molecule has 0 saturated heterocycles. The number of nitrogens with zero attached hydrogens (tertiary/aromatic N) is 3. The first-order chi connectivity index (χ1) is 9.19. The van der Waals surface area contributed by atoms with Crippen molar-refractivity contribution in [1.82, 2.24) is 9.97 Å². The minimum absolute atomic E-state index is 0.0349. The normalized spacial score (nSPS) is 10.4. The highest BCUT2D eigenvalue weighted by Crippen LogP contribution is 2.31. The molecule has 0 atom stereocenters. The van der Waals surface area contributed by atoms with Gasteiger partial charge in [-0.2, -0.15) is 0 Å². The van der Waals surface area contributed by atoms with Crippen molar-refractivity contribution in [1.29, 1.82) is 0 Å². The second kappa shape index (κ2) is 6.48. The summed E-state index contributed by atoms with van der Waals surface area (Å²) in [6.07, 6.45) is 2.62. The molecular weight excluding hydrogens is 284 g/mol. The maximum atomic E-state index is 10.9. The van der Waals surface area contributed by atoms with Crippen LogP contribution in [0.25, 0.3) is 0 Å². The Morgan fingerprint density at radius 1 is 1.53 bits per heavy atom. The molecule has 19 heavy (non-hydrogen) atoms. The number of anilines is 1. The van der Waals surface area contributed by atoms with E-state index in [9.17, 15) is 10.1 Å². The Labute approximate surface area is 118 Å². The second-order valence-corrected chi connectivity index (χ2v) is 5.79. The summed E-state index contributed by atoms with van der Waals surface area (Å²) in [5.74, 6) is 0.523. The van der Waals surface area contributed by atoms with Crippen LogP contribution in [0.1, 0.15) is 13.3 Å². The molecule has 0 aromatic carbocycles. The number of rotatable bonds is 6. The third-order valence-electron chi connectivity index (χ3n) is 2.16. The Hall–Kier alpha value is -1.67. The standard InChI is InChI=1S/C11H12N4O2S2/c1-2-3-12-9-6-8(15(16)17)7-10(14-9)19-11-13-4-5-18-11/h4-7H,2-3H2,1H3,(H,12,14). The summed E-state index contributed by atoms with van der Waals surface area (Å²) in [5.41, 5.74) is 0.0349. The van der Waals surface area contributed by atoms with Gasteiger partial charge < -0.3 is 5.32 Å². The van der Waals surface area contributed by atoms with Crippen LogP contribution in [0.3, 0.4) is 0 Å². The van der Waals surface area contributed by atoms with Crippen molar-refractivity contribution >= 4 is 34.6 Å². The van der Waals surface area contributed by atoms with E-state index >= 15 is 0 Å².